The molecule has 4 aromatic rings. The number of aromatic nitrogens is 2. The lowest BCUT2D eigenvalue weighted by atomic mass is 9.81. The van der Waals surface area contributed by atoms with E-state index in [0.717, 1.165) is 18.3 Å². The fourth-order valence-electron chi connectivity index (χ4n) is 5.69. The number of ether oxygens (including phenoxy) is 1. The predicted molar refractivity (Wildman–Crippen MR) is 207 cm³/mol. The number of rotatable bonds is 14. The quantitative estimate of drug-likeness (QED) is 0.0717. The van der Waals surface area contributed by atoms with E-state index in [9.17, 15) is 72.3 Å². The van der Waals surface area contributed by atoms with Crippen LogP contribution < -0.4 is 10.0 Å². The second-order valence-electron chi connectivity index (χ2n) is 14.5. The molecule has 0 saturated carbocycles. The van der Waals surface area contributed by atoms with Crippen molar-refractivity contribution in [2.24, 2.45) is 0 Å². The molecule has 63 heavy (non-hydrogen) atoms. The Balaban J connectivity index is 0.000000337. The summed E-state index contributed by atoms with van der Waals surface area (Å²) in [6.45, 7) is 4.79. The van der Waals surface area contributed by atoms with Crippen molar-refractivity contribution in [3.05, 3.63) is 128 Å². The van der Waals surface area contributed by atoms with Gasteiger partial charge in [0, 0.05) is 18.9 Å². The minimum absolute atomic E-state index is 0.0781. The summed E-state index contributed by atoms with van der Waals surface area (Å²) in [5.74, 6) is -5.05. The van der Waals surface area contributed by atoms with E-state index in [-0.39, 0.29) is 39.7 Å². The Labute approximate surface area is 364 Å². The number of nitrogens with zero attached hydrogens (tertiary/aromatic N) is 2. The van der Waals surface area contributed by atoms with Gasteiger partial charge in [-0.3, -0.25) is 24.9 Å². The summed E-state index contributed by atoms with van der Waals surface area (Å²) in [7, 11) is -1.95. The van der Waals surface area contributed by atoms with Crippen molar-refractivity contribution in [2.75, 3.05) is 13.2 Å². The van der Waals surface area contributed by atoms with Crippen molar-refractivity contribution in [2.45, 2.75) is 81.0 Å². The number of nitrogens with one attached hydrogen (secondary N) is 2. The summed E-state index contributed by atoms with van der Waals surface area (Å²) in [4.78, 5) is 32.1. The minimum Gasteiger partial charge on any atom is -0.481 e. The van der Waals surface area contributed by atoms with Crippen LogP contribution in [0.3, 0.4) is 0 Å². The van der Waals surface area contributed by atoms with Crippen molar-refractivity contribution in [3.63, 3.8) is 0 Å². The number of pyridine rings is 2. The Hall–Kier alpha value is -4.48. The number of carbonyl (C=O) groups is 2. The average molecular weight is 970 g/mol. The van der Waals surface area contributed by atoms with E-state index in [1.54, 1.807) is 20.8 Å². The van der Waals surface area contributed by atoms with Gasteiger partial charge >= 0.3 is 30.5 Å². The highest BCUT2D eigenvalue weighted by atomic mass is 35.5. The molecule has 0 bridgehead atoms. The largest absolute Gasteiger partial charge is 0.481 e. The number of aliphatic hydroxyl groups excluding tert-OH is 1. The highest BCUT2D eigenvalue weighted by molar-refractivity contribution is 7.84. The number of esters is 1. The molecule has 0 amide bonds. The van der Waals surface area contributed by atoms with E-state index < -0.39 is 111 Å². The first kappa shape index (κ1) is 52.9. The molecule has 0 saturated heterocycles. The number of carboxylic acid groups (broad SMARTS) is 1. The molecule has 2 heterocycles. The van der Waals surface area contributed by atoms with Gasteiger partial charge in [-0.2, -0.15) is 39.5 Å². The van der Waals surface area contributed by atoms with Gasteiger partial charge in [0.05, 0.1) is 73.3 Å². The number of benzene rings is 2. The fourth-order valence-corrected chi connectivity index (χ4v) is 6.83. The van der Waals surface area contributed by atoms with Crippen molar-refractivity contribution < 1.29 is 77.0 Å². The van der Waals surface area contributed by atoms with Crippen LogP contribution in [0.15, 0.2) is 73.1 Å². The number of carbonyl (C=O) groups excluding carboxylic acids is 1. The standard InChI is InChI=1S/C20H18ClF7N2O3.C19H19ClF4N2O3S/c1-2-33-17(32)8-18(15-4-3-13(21)9-29-15,30-10-16(31)20(26,27)28)11-5-12(19(23,24)25)7-14(22)6-11;1-17(2,3)30(29)26-18(9-16(27)28,15-5-4-13(20)10-25-15)11-6-12(19(22,23)24)8-14(21)7-11/h3-7,9,16,30-31H,2,8,10H2,1H3;4-8,10,26H,9H2,1-3H3,(H,27,28)/t16?,18-;18-,30+/m00/s1. The zero-order chi connectivity index (χ0) is 47.9. The van der Waals surface area contributed by atoms with Crippen LogP contribution in [0.5, 0.6) is 0 Å². The lowest BCUT2D eigenvalue weighted by Crippen LogP contribution is -2.51. The first-order valence-corrected chi connectivity index (χ1v) is 19.8. The maximum Gasteiger partial charge on any atom is 0.416 e. The number of aliphatic carboxylic acids is 1. The molecule has 4 N–H and O–H groups in total. The van der Waals surface area contributed by atoms with Gasteiger partial charge < -0.3 is 14.9 Å². The maximum atomic E-state index is 14.2. The smallest absolute Gasteiger partial charge is 0.416 e. The summed E-state index contributed by atoms with van der Waals surface area (Å²) in [6, 6.07) is 7.99. The first-order valence-electron chi connectivity index (χ1n) is 17.9. The number of carboxylic acids is 1. The van der Waals surface area contributed by atoms with E-state index in [4.69, 9.17) is 27.9 Å². The van der Waals surface area contributed by atoms with Gasteiger partial charge in [0.25, 0.3) is 0 Å². The molecule has 0 spiro atoms. The number of halogens is 13. The Morgan fingerprint density at radius 1 is 0.730 bits per heavy atom. The Bertz CT molecular complexity index is 2240. The molecule has 0 aliphatic heterocycles. The molecular weight excluding hydrogens is 932 g/mol. The van der Waals surface area contributed by atoms with Gasteiger partial charge in [-0.1, -0.05) is 23.2 Å². The van der Waals surface area contributed by atoms with Crippen LogP contribution in [0.1, 0.15) is 74.2 Å². The van der Waals surface area contributed by atoms with E-state index in [0.29, 0.717) is 24.3 Å². The second-order valence-corrected chi connectivity index (χ2v) is 17.3. The molecule has 2 aromatic heterocycles. The Kier molecular flexibility index (Phi) is 17.3. The van der Waals surface area contributed by atoms with Crippen LogP contribution in [0, 0.1) is 11.6 Å². The third-order valence-electron chi connectivity index (χ3n) is 8.69. The predicted octanol–water partition coefficient (Wildman–Crippen LogP) is 9.27. The topological polar surface area (TPSA) is 151 Å². The fraction of sp³-hybridized carbons (Fsp3) is 0.385. The average Bonchev–Trinajstić information content (AvgIpc) is 3.15. The maximum absolute atomic E-state index is 14.2. The number of alkyl halides is 9. The molecule has 346 valence electrons. The Morgan fingerprint density at radius 2 is 1.16 bits per heavy atom. The van der Waals surface area contributed by atoms with Gasteiger partial charge in [0.15, 0.2) is 6.10 Å². The number of hydrogen-bond acceptors (Lipinski definition) is 8. The summed E-state index contributed by atoms with van der Waals surface area (Å²) >= 11 is 11.6. The normalized spacial score (nSPS) is 15.3. The summed E-state index contributed by atoms with van der Waals surface area (Å²) in [6.07, 6.45) is -17.5. The third kappa shape index (κ3) is 14.3. The summed E-state index contributed by atoms with van der Waals surface area (Å²) in [5, 5.41) is 21.5. The van der Waals surface area contributed by atoms with Gasteiger partial charge in [-0.05, 0) is 99.5 Å². The minimum atomic E-state index is -5.09. The second kappa shape index (κ2) is 20.6. The lowest BCUT2D eigenvalue weighted by Gasteiger charge is -2.36. The highest BCUT2D eigenvalue weighted by Crippen LogP contribution is 2.40. The van der Waals surface area contributed by atoms with E-state index in [1.807, 2.05) is 0 Å². The monoisotopic (exact) mass is 968 g/mol. The highest BCUT2D eigenvalue weighted by Gasteiger charge is 2.46. The molecular formula is C39H37Cl2F11N4O6S. The molecule has 4 atom stereocenters. The van der Waals surface area contributed by atoms with Crippen LogP contribution in [0.2, 0.25) is 10.0 Å². The molecule has 2 aromatic carbocycles. The molecule has 0 fully saturated rings. The van der Waals surface area contributed by atoms with Crippen molar-refractivity contribution in [3.8, 4) is 0 Å². The van der Waals surface area contributed by atoms with Gasteiger partial charge in [0.1, 0.15) is 17.2 Å². The zero-order valence-electron chi connectivity index (χ0n) is 33.1. The Morgan fingerprint density at radius 3 is 1.52 bits per heavy atom. The SMILES string of the molecule is CC(C)(C)[S@@](=O)N[C@@](CC(=O)O)(c1cc(F)cc(C(F)(F)F)c1)c1ccc(Cl)cn1.CCOC(=O)C[C@](NCC(O)C(F)(F)F)(c1cc(F)cc(C(F)(F)F)c1)c1ccc(Cl)cn1. The summed E-state index contributed by atoms with van der Waals surface area (Å²) in [5.41, 5.74) is -8.32. The lowest BCUT2D eigenvalue weighted by molar-refractivity contribution is -0.202. The molecule has 24 heteroatoms. The molecule has 10 nitrogen and oxygen atoms in total. The molecule has 1 unspecified atom stereocenters. The van der Waals surface area contributed by atoms with E-state index >= 15 is 0 Å². The van der Waals surface area contributed by atoms with Crippen LogP contribution in [0.4, 0.5) is 48.3 Å². The molecule has 0 aliphatic rings. The van der Waals surface area contributed by atoms with Crippen molar-refractivity contribution >= 4 is 46.1 Å². The van der Waals surface area contributed by atoms with Crippen molar-refractivity contribution in [1.82, 2.24) is 20.0 Å². The van der Waals surface area contributed by atoms with Crippen LogP contribution in [0.25, 0.3) is 0 Å². The van der Waals surface area contributed by atoms with Gasteiger partial charge in [-0.15, -0.1) is 0 Å². The molecule has 0 aliphatic carbocycles. The van der Waals surface area contributed by atoms with Crippen LogP contribution in [-0.2, 0) is 48.7 Å². The van der Waals surface area contributed by atoms with Crippen molar-refractivity contribution in [1.29, 1.82) is 0 Å². The number of aliphatic hydroxyl groups is 1. The van der Waals surface area contributed by atoms with Gasteiger partial charge in [-0.25, -0.2) is 17.7 Å². The molecule has 4 rings (SSSR count). The molecule has 0 radical (unpaired) electrons. The zero-order valence-corrected chi connectivity index (χ0v) is 35.4. The van der Waals surface area contributed by atoms with Crippen LogP contribution in [-0.4, -0.2) is 66.5 Å². The third-order valence-corrected chi connectivity index (χ3v) is 10.8. The van der Waals surface area contributed by atoms with Gasteiger partial charge in [0.2, 0.25) is 0 Å². The first-order chi connectivity index (χ1) is 28.8. The number of hydrogen-bond donors (Lipinski definition) is 4. The van der Waals surface area contributed by atoms with Crippen LogP contribution >= 0.6 is 23.2 Å². The van der Waals surface area contributed by atoms with E-state index in [2.05, 4.69) is 20.0 Å². The summed E-state index contributed by atoms with van der Waals surface area (Å²) < 4.78 is 167. The van der Waals surface area contributed by atoms with E-state index in [1.165, 1.54) is 31.3 Å².